The molecular weight excluding hydrogens is 234 g/mol. The monoisotopic (exact) mass is 263 g/mol. The minimum absolute atomic E-state index is 0.0946. The molecule has 0 spiro atoms. The van der Waals surface area contributed by atoms with Gasteiger partial charge in [-0.05, 0) is 31.0 Å². The molecule has 0 saturated carbocycles. The van der Waals surface area contributed by atoms with Gasteiger partial charge in [0.15, 0.2) is 0 Å². The summed E-state index contributed by atoms with van der Waals surface area (Å²) in [6.45, 7) is 5.07. The lowest BCUT2D eigenvalue weighted by Crippen LogP contribution is -2.04. The maximum Gasteiger partial charge on any atom is 0.119 e. The third kappa shape index (κ3) is 7.22. The number of hydrogen-bond acceptors (Lipinski definition) is 2. The van der Waals surface area contributed by atoms with Crippen molar-refractivity contribution in [3.63, 3.8) is 0 Å². The van der Waals surface area contributed by atoms with Crippen LogP contribution < -0.4 is 10.5 Å². The van der Waals surface area contributed by atoms with Gasteiger partial charge in [0, 0.05) is 6.04 Å². The Kier molecular flexibility index (Phi) is 8.31. The second kappa shape index (κ2) is 9.85. The van der Waals surface area contributed by atoms with Crippen LogP contribution in [0.4, 0.5) is 0 Å². The van der Waals surface area contributed by atoms with E-state index in [4.69, 9.17) is 10.5 Å². The maximum atomic E-state index is 5.81. The fraction of sp³-hybridized carbons (Fsp3) is 0.647. The number of nitrogens with two attached hydrogens (primary N) is 1. The Bertz CT molecular complexity index is 319. The lowest BCUT2D eigenvalue weighted by atomic mass is 10.1. The Morgan fingerprint density at radius 2 is 1.53 bits per heavy atom. The van der Waals surface area contributed by atoms with Crippen molar-refractivity contribution in [3.8, 4) is 5.75 Å². The largest absolute Gasteiger partial charge is 0.494 e. The molecule has 0 bridgehead atoms. The standard InChI is InChI=1S/C17H29NO/c1-3-4-5-6-7-8-9-14-19-17-12-10-16(11-13-17)15(2)18/h10-13,15H,3-9,14,18H2,1-2H3/t15-/m0/s1. The molecule has 108 valence electrons. The highest BCUT2D eigenvalue weighted by molar-refractivity contribution is 5.28. The molecule has 0 saturated heterocycles. The van der Waals surface area contributed by atoms with Gasteiger partial charge in [-0.2, -0.15) is 0 Å². The van der Waals surface area contributed by atoms with E-state index in [0.717, 1.165) is 24.3 Å². The zero-order chi connectivity index (χ0) is 13.9. The fourth-order valence-electron chi connectivity index (χ4n) is 2.12. The van der Waals surface area contributed by atoms with Crippen LogP contribution in [0.1, 0.15) is 70.4 Å². The molecule has 1 aromatic rings. The first-order valence-corrected chi connectivity index (χ1v) is 7.72. The van der Waals surface area contributed by atoms with Crippen molar-refractivity contribution in [2.45, 2.75) is 64.8 Å². The summed E-state index contributed by atoms with van der Waals surface area (Å²) in [7, 11) is 0. The molecule has 0 aromatic heterocycles. The molecule has 1 atom stereocenters. The second-order valence-corrected chi connectivity index (χ2v) is 5.33. The topological polar surface area (TPSA) is 35.2 Å². The van der Waals surface area contributed by atoms with Gasteiger partial charge in [0.1, 0.15) is 5.75 Å². The molecule has 0 fully saturated rings. The molecule has 0 aliphatic rings. The molecule has 0 amide bonds. The fourth-order valence-corrected chi connectivity index (χ4v) is 2.12. The molecule has 0 unspecified atom stereocenters. The van der Waals surface area contributed by atoms with E-state index in [2.05, 4.69) is 6.92 Å². The van der Waals surface area contributed by atoms with Gasteiger partial charge in [0.2, 0.25) is 0 Å². The Morgan fingerprint density at radius 1 is 0.947 bits per heavy atom. The molecule has 2 heteroatoms. The van der Waals surface area contributed by atoms with Gasteiger partial charge in [0.25, 0.3) is 0 Å². The van der Waals surface area contributed by atoms with E-state index < -0.39 is 0 Å². The molecule has 1 aromatic carbocycles. The zero-order valence-electron chi connectivity index (χ0n) is 12.5. The highest BCUT2D eigenvalue weighted by Gasteiger charge is 1.99. The maximum absolute atomic E-state index is 5.81. The number of ether oxygens (including phenoxy) is 1. The van der Waals surface area contributed by atoms with E-state index in [1.54, 1.807) is 0 Å². The number of unbranched alkanes of at least 4 members (excludes halogenated alkanes) is 6. The van der Waals surface area contributed by atoms with Gasteiger partial charge in [-0.3, -0.25) is 0 Å². The van der Waals surface area contributed by atoms with Gasteiger partial charge < -0.3 is 10.5 Å². The van der Waals surface area contributed by atoms with Crippen molar-refractivity contribution in [3.05, 3.63) is 29.8 Å². The van der Waals surface area contributed by atoms with Crippen LogP contribution in [0.2, 0.25) is 0 Å². The van der Waals surface area contributed by atoms with E-state index in [1.807, 2.05) is 31.2 Å². The summed E-state index contributed by atoms with van der Waals surface area (Å²) >= 11 is 0. The molecular formula is C17H29NO. The van der Waals surface area contributed by atoms with Crippen molar-refractivity contribution in [2.24, 2.45) is 5.73 Å². The third-order valence-corrected chi connectivity index (χ3v) is 3.42. The molecule has 0 heterocycles. The summed E-state index contributed by atoms with van der Waals surface area (Å²) in [4.78, 5) is 0. The first kappa shape index (κ1) is 16.0. The van der Waals surface area contributed by atoms with Crippen LogP contribution >= 0.6 is 0 Å². The molecule has 1 rings (SSSR count). The van der Waals surface area contributed by atoms with E-state index in [0.29, 0.717) is 0 Å². The first-order chi connectivity index (χ1) is 9.24. The zero-order valence-corrected chi connectivity index (χ0v) is 12.5. The molecule has 2 nitrogen and oxygen atoms in total. The number of rotatable bonds is 10. The Labute approximate surface area is 118 Å². The predicted octanol–water partition coefficient (Wildman–Crippen LogP) is 4.84. The van der Waals surface area contributed by atoms with E-state index >= 15 is 0 Å². The highest BCUT2D eigenvalue weighted by Crippen LogP contribution is 2.16. The minimum atomic E-state index is 0.0946. The average Bonchev–Trinajstić information content (AvgIpc) is 2.42. The Hall–Kier alpha value is -1.02. The van der Waals surface area contributed by atoms with Crippen LogP contribution in [-0.4, -0.2) is 6.61 Å². The summed E-state index contributed by atoms with van der Waals surface area (Å²) in [5.74, 6) is 0.954. The average molecular weight is 263 g/mol. The molecule has 2 N–H and O–H groups in total. The summed E-state index contributed by atoms with van der Waals surface area (Å²) in [5, 5.41) is 0. The smallest absolute Gasteiger partial charge is 0.119 e. The van der Waals surface area contributed by atoms with E-state index in [1.165, 1.54) is 38.5 Å². The second-order valence-electron chi connectivity index (χ2n) is 5.33. The normalized spacial score (nSPS) is 12.4. The van der Waals surface area contributed by atoms with Crippen molar-refractivity contribution in [1.82, 2.24) is 0 Å². The van der Waals surface area contributed by atoms with E-state index in [-0.39, 0.29) is 6.04 Å². The van der Waals surface area contributed by atoms with Gasteiger partial charge in [0.05, 0.1) is 6.61 Å². The quantitative estimate of drug-likeness (QED) is 0.613. The van der Waals surface area contributed by atoms with Crippen LogP contribution in [0.25, 0.3) is 0 Å². The minimum Gasteiger partial charge on any atom is -0.494 e. The summed E-state index contributed by atoms with van der Waals surface area (Å²) in [6, 6.07) is 8.22. The van der Waals surface area contributed by atoms with Crippen molar-refractivity contribution in [2.75, 3.05) is 6.61 Å². The van der Waals surface area contributed by atoms with Crippen LogP contribution in [-0.2, 0) is 0 Å². The van der Waals surface area contributed by atoms with Crippen LogP contribution in [0.15, 0.2) is 24.3 Å². The first-order valence-electron chi connectivity index (χ1n) is 7.72. The molecule has 0 aliphatic heterocycles. The lowest BCUT2D eigenvalue weighted by Gasteiger charge is -2.09. The van der Waals surface area contributed by atoms with Gasteiger partial charge in [-0.15, -0.1) is 0 Å². The molecule has 0 radical (unpaired) electrons. The third-order valence-electron chi connectivity index (χ3n) is 3.42. The lowest BCUT2D eigenvalue weighted by molar-refractivity contribution is 0.304. The van der Waals surface area contributed by atoms with Gasteiger partial charge >= 0.3 is 0 Å². The van der Waals surface area contributed by atoms with Crippen LogP contribution in [0.3, 0.4) is 0 Å². The van der Waals surface area contributed by atoms with Crippen molar-refractivity contribution >= 4 is 0 Å². The van der Waals surface area contributed by atoms with E-state index in [9.17, 15) is 0 Å². The van der Waals surface area contributed by atoms with Crippen molar-refractivity contribution in [1.29, 1.82) is 0 Å². The van der Waals surface area contributed by atoms with Gasteiger partial charge in [-0.1, -0.05) is 57.6 Å². The highest BCUT2D eigenvalue weighted by atomic mass is 16.5. The number of hydrogen-bond donors (Lipinski definition) is 1. The van der Waals surface area contributed by atoms with Gasteiger partial charge in [-0.25, -0.2) is 0 Å². The summed E-state index contributed by atoms with van der Waals surface area (Å²) < 4.78 is 5.73. The summed E-state index contributed by atoms with van der Waals surface area (Å²) in [6.07, 6.45) is 9.23. The summed E-state index contributed by atoms with van der Waals surface area (Å²) in [5.41, 5.74) is 6.97. The molecule has 19 heavy (non-hydrogen) atoms. The molecule has 0 aliphatic carbocycles. The SMILES string of the molecule is CCCCCCCCCOc1ccc([C@H](C)N)cc1. The number of benzene rings is 1. The predicted molar refractivity (Wildman–Crippen MR) is 82.5 cm³/mol. The Morgan fingerprint density at radius 3 is 2.11 bits per heavy atom. The Balaban J connectivity index is 2.06. The van der Waals surface area contributed by atoms with Crippen molar-refractivity contribution < 1.29 is 4.74 Å². The van der Waals surface area contributed by atoms with Crippen LogP contribution in [0.5, 0.6) is 5.75 Å². The van der Waals surface area contributed by atoms with Crippen LogP contribution in [0, 0.1) is 0 Å².